The van der Waals surface area contributed by atoms with E-state index in [1.54, 1.807) is 0 Å². The summed E-state index contributed by atoms with van der Waals surface area (Å²) >= 11 is 0. The second kappa shape index (κ2) is 8.02. The van der Waals surface area contributed by atoms with Gasteiger partial charge in [0.15, 0.2) is 0 Å². The van der Waals surface area contributed by atoms with Crippen molar-refractivity contribution >= 4 is 0 Å². The van der Waals surface area contributed by atoms with Crippen LogP contribution in [0.25, 0.3) is 0 Å². The van der Waals surface area contributed by atoms with E-state index in [0.29, 0.717) is 5.57 Å². The molecule has 0 bridgehead atoms. The van der Waals surface area contributed by atoms with Gasteiger partial charge >= 0.3 is 0 Å². The van der Waals surface area contributed by atoms with E-state index in [-0.39, 0.29) is 6.42 Å². The maximum absolute atomic E-state index is 10.3. The number of aliphatic hydroxyl groups is 2. The van der Waals surface area contributed by atoms with E-state index in [9.17, 15) is 10.2 Å². The van der Waals surface area contributed by atoms with Gasteiger partial charge in [-0.25, -0.2) is 0 Å². The summed E-state index contributed by atoms with van der Waals surface area (Å²) in [6.07, 6.45) is -1.20. The first-order valence-corrected chi connectivity index (χ1v) is 7.07. The molecule has 0 saturated heterocycles. The molecule has 0 aliphatic rings. The van der Waals surface area contributed by atoms with E-state index < -0.39 is 12.2 Å². The van der Waals surface area contributed by atoms with Crippen LogP contribution in [-0.2, 0) is 0 Å². The highest BCUT2D eigenvalue weighted by molar-refractivity contribution is 5.37. The predicted octanol–water partition coefficient (Wildman–Crippen LogP) is 3.56. The van der Waals surface area contributed by atoms with E-state index in [4.69, 9.17) is 0 Å². The first-order chi connectivity index (χ1) is 10.7. The van der Waals surface area contributed by atoms with Crippen molar-refractivity contribution in [2.24, 2.45) is 0 Å². The zero-order valence-electron chi connectivity index (χ0n) is 12.2. The molecular weight excluding hydrogens is 272 g/mol. The molecule has 0 fully saturated rings. The molecule has 0 spiro atoms. The topological polar surface area (TPSA) is 40.5 Å². The molecule has 0 aromatic heterocycles. The molecule has 2 rings (SSSR count). The van der Waals surface area contributed by atoms with Crippen LogP contribution in [0.3, 0.4) is 0 Å². The summed E-state index contributed by atoms with van der Waals surface area (Å²) in [5, 5.41) is 20.3. The summed E-state index contributed by atoms with van der Waals surface area (Å²) in [5.41, 5.74) is 4.65. The third kappa shape index (κ3) is 4.22. The monoisotopic (exact) mass is 290 g/mol. The molecule has 2 unspecified atom stereocenters. The zero-order valence-corrected chi connectivity index (χ0v) is 12.2. The smallest absolute Gasteiger partial charge is 0.119 e. The van der Waals surface area contributed by atoms with Crippen molar-refractivity contribution in [3.05, 3.63) is 89.7 Å². The van der Waals surface area contributed by atoms with Gasteiger partial charge in [0.1, 0.15) is 6.10 Å². The molecule has 2 nitrogen and oxygen atoms in total. The Morgan fingerprint density at radius 3 is 2.00 bits per heavy atom. The van der Waals surface area contributed by atoms with Gasteiger partial charge in [-0.3, -0.25) is 0 Å². The number of benzene rings is 2. The maximum Gasteiger partial charge on any atom is 0.119 e. The Labute approximate surface area is 131 Å². The van der Waals surface area contributed by atoms with E-state index in [1.165, 1.54) is 0 Å². The Hall–Kier alpha value is -2.56. The van der Waals surface area contributed by atoms with Crippen LogP contribution in [0.5, 0.6) is 0 Å². The molecule has 0 aliphatic heterocycles. The van der Waals surface area contributed by atoms with Crippen LogP contribution in [0.15, 0.2) is 78.5 Å². The van der Waals surface area contributed by atoms with Gasteiger partial charge in [0.05, 0.1) is 11.7 Å². The maximum atomic E-state index is 10.3. The van der Waals surface area contributed by atoms with Crippen molar-refractivity contribution in [3.8, 4) is 11.8 Å². The Morgan fingerprint density at radius 2 is 1.45 bits per heavy atom. The van der Waals surface area contributed by atoms with Crippen LogP contribution in [0, 0.1) is 11.8 Å². The Kier molecular flexibility index (Phi) is 5.77. The minimum atomic E-state index is -0.847. The summed E-state index contributed by atoms with van der Waals surface area (Å²) in [5.74, 6) is 5.74. The number of hydrogen-bond acceptors (Lipinski definition) is 2. The molecule has 22 heavy (non-hydrogen) atoms. The average Bonchev–Trinajstić information content (AvgIpc) is 2.59. The fourth-order valence-electron chi connectivity index (χ4n) is 2.05. The highest BCUT2D eigenvalue weighted by Crippen LogP contribution is 2.20. The van der Waals surface area contributed by atoms with Gasteiger partial charge in [-0.15, -0.1) is 5.73 Å². The average molecular weight is 290 g/mol. The predicted molar refractivity (Wildman–Crippen MR) is 87.8 cm³/mol. The van der Waals surface area contributed by atoms with Crippen molar-refractivity contribution in [1.82, 2.24) is 0 Å². The van der Waals surface area contributed by atoms with Crippen molar-refractivity contribution in [3.63, 3.8) is 0 Å². The summed E-state index contributed by atoms with van der Waals surface area (Å²) in [4.78, 5) is 0. The number of rotatable bonds is 4. The lowest BCUT2D eigenvalue weighted by Crippen LogP contribution is -1.99. The fraction of sp³-hybridized carbons (Fsp3) is 0.150. The Morgan fingerprint density at radius 1 is 0.909 bits per heavy atom. The lowest BCUT2D eigenvalue weighted by Gasteiger charge is -2.09. The quantitative estimate of drug-likeness (QED) is 0.667. The van der Waals surface area contributed by atoms with Crippen LogP contribution in [-0.4, -0.2) is 10.2 Å². The molecule has 2 heteroatoms. The van der Waals surface area contributed by atoms with Crippen LogP contribution in [0.4, 0.5) is 0 Å². The molecule has 0 aliphatic carbocycles. The third-order valence-corrected chi connectivity index (χ3v) is 3.28. The summed E-state index contributed by atoms with van der Waals surface area (Å²) in [6, 6.07) is 18.6. The second-order valence-corrected chi connectivity index (χ2v) is 4.84. The summed E-state index contributed by atoms with van der Waals surface area (Å²) < 4.78 is 0. The first kappa shape index (κ1) is 15.8. The van der Waals surface area contributed by atoms with Gasteiger partial charge in [0.2, 0.25) is 0 Å². The molecule has 0 radical (unpaired) electrons. The van der Waals surface area contributed by atoms with E-state index in [0.717, 1.165) is 11.1 Å². The zero-order chi connectivity index (χ0) is 15.8. The highest BCUT2D eigenvalue weighted by Gasteiger charge is 2.10. The lowest BCUT2D eigenvalue weighted by molar-refractivity contribution is 0.184. The molecule has 0 amide bonds. The molecular formula is C20H18O2. The highest BCUT2D eigenvalue weighted by atomic mass is 16.3. The Bertz CT molecular complexity index is 702. The van der Waals surface area contributed by atoms with Crippen LogP contribution < -0.4 is 0 Å². The van der Waals surface area contributed by atoms with Gasteiger partial charge in [0.25, 0.3) is 0 Å². The summed E-state index contributed by atoms with van der Waals surface area (Å²) in [7, 11) is 0. The van der Waals surface area contributed by atoms with Gasteiger partial charge in [-0.1, -0.05) is 79.1 Å². The van der Waals surface area contributed by atoms with Crippen LogP contribution >= 0.6 is 0 Å². The van der Waals surface area contributed by atoms with E-state index in [1.807, 2.05) is 60.7 Å². The molecule has 110 valence electrons. The van der Waals surface area contributed by atoms with E-state index >= 15 is 0 Å². The first-order valence-electron chi connectivity index (χ1n) is 7.07. The molecule has 2 aromatic rings. The Balaban J connectivity index is 2.05. The minimum absolute atomic E-state index is 0.288. The van der Waals surface area contributed by atoms with Crippen molar-refractivity contribution in [1.29, 1.82) is 0 Å². The third-order valence-electron chi connectivity index (χ3n) is 3.28. The molecule has 2 N–H and O–H groups in total. The normalized spacial score (nSPS) is 12.5. The standard InChI is InChI=1S/C20H18O2/c1-2-16(20(22)18-12-7-4-8-13-18)14-9-15-19(21)17-10-5-3-6-11-17/h3-8,10-13,19-22H,1,15H2. The second-order valence-electron chi connectivity index (χ2n) is 4.84. The van der Waals surface area contributed by atoms with Crippen LogP contribution in [0.2, 0.25) is 0 Å². The van der Waals surface area contributed by atoms with Crippen molar-refractivity contribution < 1.29 is 10.2 Å². The van der Waals surface area contributed by atoms with E-state index in [2.05, 4.69) is 24.2 Å². The number of hydrogen-bond donors (Lipinski definition) is 2. The fourth-order valence-corrected chi connectivity index (χ4v) is 2.05. The molecule has 2 atom stereocenters. The number of aliphatic hydroxyl groups excluding tert-OH is 2. The van der Waals surface area contributed by atoms with Gasteiger partial charge in [-0.2, -0.15) is 0 Å². The SMILES string of the molecule is C=C=C(C#CCC(O)c1ccccc1)C(O)c1ccccc1. The molecule has 0 saturated carbocycles. The van der Waals surface area contributed by atoms with Crippen molar-refractivity contribution in [2.45, 2.75) is 18.6 Å². The van der Waals surface area contributed by atoms with Gasteiger partial charge in [-0.05, 0) is 11.1 Å². The van der Waals surface area contributed by atoms with Crippen LogP contribution in [0.1, 0.15) is 29.8 Å². The van der Waals surface area contributed by atoms with Crippen molar-refractivity contribution in [2.75, 3.05) is 0 Å². The lowest BCUT2D eigenvalue weighted by atomic mass is 10.0. The molecule has 2 aromatic carbocycles. The van der Waals surface area contributed by atoms with Gasteiger partial charge < -0.3 is 10.2 Å². The minimum Gasteiger partial charge on any atom is -0.387 e. The molecule has 0 heterocycles. The summed E-state index contributed by atoms with van der Waals surface area (Å²) in [6.45, 7) is 3.58. The van der Waals surface area contributed by atoms with Gasteiger partial charge in [0, 0.05) is 6.42 Å². The largest absolute Gasteiger partial charge is 0.387 e.